The van der Waals surface area contributed by atoms with E-state index in [0.29, 0.717) is 38.0 Å². The number of urea groups is 1. The van der Waals surface area contributed by atoms with Gasteiger partial charge in [0.2, 0.25) is 5.91 Å². The van der Waals surface area contributed by atoms with E-state index in [1.807, 2.05) is 13.0 Å². The number of benzene rings is 1. The summed E-state index contributed by atoms with van der Waals surface area (Å²) in [6.45, 7) is 6.88. The van der Waals surface area contributed by atoms with Crippen molar-refractivity contribution >= 4 is 34.6 Å². The Balaban J connectivity index is 1.25. The molecule has 3 aliphatic heterocycles. The summed E-state index contributed by atoms with van der Waals surface area (Å²) in [4.78, 5) is 40.9. The molecule has 1 aromatic heterocycles. The van der Waals surface area contributed by atoms with Crippen LogP contribution in [0.2, 0.25) is 0 Å². The molecule has 3 fully saturated rings. The number of imide groups is 1. The molecule has 1 aromatic carbocycles. The first-order valence-electron chi connectivity index (χ1n) is 12.3. The van der Waals surface area contributed by atoms with Crippen molar-refractivity contribution < 1.29 is 19.5 Å². The molecule has 3 aliphatic rings. The number of hydrogen-bond donors (Lipinski definition) is 2. The number of aromatic nitrogens is 1. The number of amides is 4. The molecule has 0 unspecified atom stereocenters. The fourth-order valence-electron chi connectivity index (χ4n) is 5.77. The number of rotatable bonds is 4. The summed E-state index contributed by atoms with van der Waals surface area (Å²) < 4.78 is 2.36. The van der Waals surface area contributed by atoms with Crippen molar-refractivity contribution in [3.63, 3.8) is 0 Å². The van der Waals surface area contributed by atoms with E-state index in [4.69, 9.17) is 5.11 Å². The fourth-order valence-corrected chi connectivity index (χ4v) is 5.77. The van der Waals surface area contributed by atoms with Crippen LogP contribution in [0.15, 0.2) is 24.4 Å². The Hall–Kier alpha value is -3.07. The summed E-state index contributed by atoms with van der Waals surface area (Å²) in [5.41, 5.74) is 3.10. The summed E-state index contributed by atoms with van der Waals surface area (Å²) in [6, 6.07) is 6.37. The third-order valence-electron chi connectivity index (χ3n) is 7.66. The summed E-state index contributed by atoms with van der Waals surface area (Å²) in [5, 5.41) is 12.6. The van der Waals surface area contributed by atoms with Crippen LogP contribution >= 0.6 is 0 Å². The minimum Gasteiger partial charge on any atom is -0.465 e. The second-order valence-electron chi connectivity index (χ2n) is 9.94. The number of nitrogens with zero attached hydrogens (tertiary/aromatic N) is 4. The van der Waals surface area contributed by atoms with E-state index in [2.05, 4.69) is 33.1 Å². The number of likely N-dealkylation sites (tertiary alicyclic amines) is 2. The van der Waals surface area contributed by atoms with E-state index >= 15 is 0 Å². The average molecular weight is 468 g/mol. The highest BCUT2D eigenvalue weighted by Gasteiger charge is 2.29. The van der Waals surface area contributed by atoms with Gasteiger partial charge >= 0.3 is 12.1 Å². The van der Waals surface area contributed by atoms with Crippen molar-refractivity contribution in [2.24, 2.45) is 5.92 Å². The number of carboxylic acid groups (broad SMARTS) is 1. The zero-order valence-electron chi connectivity index (χ0n) is 19.7. The van der Waals surface area contributed by atoms with Crippen LogP contribution in [0.25, 0.3) is 10.9 Å². The van der Waals surface area contributed by atoms with Gasteiger partial charge in [0.05, 0.1) is 11.2 Å². The first-order valence-corrected chi connectivity index (χ1v) is 12.3. The molecule has 0 bridgehead atoms. The van der Waals surface area contributed by atoms with Gasteiger partial charge in [0.25, 0.3) is 0 Å². The second kappa shape index (κ2) is 9.29. The van der Waals surface area contributed by atoms with Gasteiger partial charge in [-0.1, -0.05) is 0 Å². The molecule has 0 radical (unpaired) electrons. The van der Waals surface area contributed by atoms with Crippen LogP contribution in [0.5, 0.6) is 0 Å². The summed E-state index contributed by atoms with van der Waals surface area (Å²) in [5.74, 6) is 0.356. The maximum absolute atomic E-state index is 12.5. The Morgan fingerprint density at radius 3 is 2.47 bits per heavy atom. The van der Waals surface area contributed by atoms with Crippen LogP contribution in [0.4, 0.5) is 15.3 Å². The SMILES string of the molecule is Cc1cc(N2CCC(=O)NC2=O)c2ccn(C3CCN(CC4CCN(C(=O)O)CC4)CC3)c2c1. The maximum Gasteiger partial charge on any atom is 0.407 e. The molecule has 2 N–H and O–H groups in total. The zero-order chi connectivity index (χ0) is 23.8. The molecular weight excluding hydrogens is 434 g/mol. The highest BCUT2D eigenvalue weighted by atomic mass is 16.4. The molecule has 9 heteroatoms. The van der Waals surface area contributed by atoms with Gasteiger partial charge in [-0.2, -0.15) is 0 Å². The Labute approximate surface area is 199 Å². The summed E-state index contributed by atoms with van der Waals surface area (Å²) in [7, 11) is 0. The molecule has 0 aliphatic carbocycles. The number of carbonyl (C=O) groups excluding carboxylic acids is 2. The van der Waals surface area contributed by atoms with E-state index in [1.54, 1.807) is 4.90 Å². The smallest absolute Gasteiger partial charge is 0.407 e. The maximum atomic E-state index is 12.5. The molecule has 0 spiro atoms. The second-order valence-corrected chi connectivity index (χ2v) is 9.94. The monoisotopic (exact) mass is 467 g/mol. The number of aryl methyl sites for hydroxylation is 1. The van der Waals surface area contributed by atoms with Gasteiger partial charge in [-0.3, -0.25) is 15.0 Å². The van der Waals surface area contributed by atoms with Crippen LogP contribution in [-0.4, -0.2) is 76.8 Å². The van der Waals surface area contributed by atoms with Crippen LogP contribution < -0.4 is 10.2 Å². The van der Waals surface area contributed by atoms with Crippen molar-refractivity contribution in [1.29, 1.82) is 0 Å². The van der Waals surface area contributed by atoms with Crippen molar-refractivity contribution in [2.75, 3.05) is 44.2 Å². The molecular formula is C25H33N5O4. The first kappa shape index (κ1) is 22.7. The van der Waals surface area contributed by atoms with E-state index in [1.165, 1.54) is 4.90 Å². The number of piperidine rings is 2. The third-order valence-corrected chi connectivity index (χ3v) is 7.66. The molecule has 2 aromatic rings. The average Bonchev–Trinajstić information content (AvgIpc) is 3.23. The van der Waals surface area contributed by atoms with Crippen LogP contribution in [-0.2, 0) is 4.79 Å². The first-order chi connectivity index (χ1) is 16.4. The topological polar surface area (TPSA) is 98.1 Å². The van der Waals surface area contributed by atoms with E-state index < -0.39 is 6.09 Å². The van der Waals surface area contributed by atoms with E-state index in [9.17, 15) is 14.4 Å². The van der Waals surface area contributed by atoms with Gasteiger partial charge in [0.1, 0.15) is 0 Å². The highest BCUT2D eigenvalue weighted by molar-refractivity contribution is 6.09. The van der Waals surface area contributed by atoms with Gasteiger partial charge in [-0.25, -0.2) is 9.59 Å². The Bertz CT molecular complexity index is 1100. The highest BCUT2D eigenvalue weighted by Crippen LogP contribution is 2.35. The molecule has 5 rings (SSSR count). The summed E-state index contributed by atoms with van der Waals surface area (Å²) >= 11 is 0. The molecule has 3 saturated heterocycles. The van der Waals surface area contributed by atoms with Crippen molar-refractivity contribution in [1.82, 2.24) is 19.7 Å². The quantitative estimate of drug-likeness (QED) is 0.718. The van der Waals surface area contributed by atoms with E-state index in [0.717, 1.165) is 67.5 Å². The van der Waals surface area contributed by atoms with Crippen LogP contribution in [0.1, 0.15) is 43.7 Å². The van der Waals surface area contributed by atoms with Crippen molar-refractivity contribution in [3.05, 3.63) is 30.0 Å². The molecule has 0 atom stereocenters. The molecule has 4 amide bonds. The minimum atomic E-state index is -0.800. The standard InChI is InChI=1S/C25H33N5O4/c1-17-14-21-20(22(15-17)30-13-7-23(31)26-24(30)32)6-12-29(21)19-4-8-27(9-5-19)16-18-2-10-28(11-3-18)25(33)34/h6,12,14-15,18-19H,2-5,7-11,13,16H2,1H3,(H,33,34)(H,26,31,32). The molecule has 9 nitrogen and oxygen atoms in total. The molecule has 0 saturated carbocycles. The lowest BCUT2D eigenvalue weighted by Gasteiger charge is -2.37. The van der Waals surface area contributed by atoms with Gasteiger partial charge in [-0.15, -0.1) is 0 Å². The normalized spacial score (nSPS) is 21.3. The van der Waals surface area contributed by atoms with Gasteiger partial charge < -0.3 is 19.5 Å². The van der Waals surface area contributed by atoms with E-state index in [-0.39, 0.29) is 11.9 Å². The Morgan fingerprint density at radius 1 is 1.06 bits per heavy atom. The minimum absolute atomic E-state index is 0.220. The Kier molecular flexibility index (Phi) is 6.20. The Morgan fingerprint density at radius 2 is 1.79 bits per heavy atom. The van der Waals surface area contributed by atoms with Gasteiger partial charge in [0.15, 0.2) is 0 Å². The zero-order valence-corrected chi connectivity index (χ0v) is 19.7. The number of nitrogens with one attached hydrogen (secondary N) is 1. The number of anilines is 1. The van der Waals surface area contributed by atoms with Crippen molar-refractivity contribution in [2.45, 2.75) is 45.1 Å². The lowest BCUT2D eigenvalue weighted by Crippen LogP contribution is -2.49. The van der Waals surface area contributed by atoms with Crippen LogP contribution in [0, 0.1) is 12.8 Å². The number of fused-ring (bicyclic) bond motifs is 1. The van der Waals surface area contributed by atoms with Gasteiger partial charge in [-0.05, 0) is 62.3 Å². The fraction of sp³-hybridized carbons (Fsp3) is 0.560. The molecule has 34 heavy (non-hydrogen) atoms. The summed E-state index contributed by atoms with van der Waals surface area (Å²) in [6.07, 6.45) is 5.70. The lowest BCUT2D eigenvalue weighted by molar-refractivity contribution is -0.120. The number of carbonyl (C=O) groups is 3. The van der Waals surface area contributed by atoms with Crippen molar-refractivity contribution in [3.8, 4) is 0 Å². The third kappa shape index (κ3) is 4.49. The molecule has 182 valence electrons. The molecule has 4 heterocycles. The predicted molar refractivity (Wildman–Crippen MR) is 129 cm³/mol. The number of hydrogen-bond acceptors (Lipinski definition) is 4. The van der Waals surface area contributed by atoms with Crippen LogP contribution in [0.3, 0.4) is 0 Å². The largest absolute Gasteiger partial charge is 0.465 e. The lowest BCUT2D eigenvalue weighted by atomic mass is 9.95. The predicted octanol–water partition coefficient (Wildman–Crippen LogP) is 3.42. The van der Waals surface area contributed by atoms with Gasteiger partial charge in [0, 0.05) is 63.3 Å².